The van der Waals surface area contributed by atoms with Crippen molar-refractivity contribution in [3.63, 3.8) is 0 Å². The number of nitrogens with two attached hydrogens (primary N) is 1. The number of hydrogen-bond donors (Lipinski definition) is 2. The van der Waals surface area contributed by atoms with Gasteiger partial charge < -0.3 is 10.3 Å². The minimum absolute atomic E-state index is 0. The third-order valence-corrected chi connectivity index (χ3v) is 2.00. The fourth-order valence-electron chi connectivity index (χ4n) is 1.29. The Bertz CT molecular complexity index is 91.7. The second kappa shape index (κ2) is 4.13. The molecule has 0 aromatic carbocycles. The largest absolute Gasteiger partial charge is 0.633 e. The number of quaternary nitrogens is 1. The lowest BCUT2D eigenvalue weighted by molar-refractivity contribution is -0.905. The predicted octanol–water partition coefficient (Wildman–Crippen LogP) is -0.352. The van der Waals surface area contributed by atoms with E-state index in [0.29, 0.717) is 0 Å². The molecular formula is C6H15ClN2O. The highest BCUT2D eigenvalue weighted by Crippen LogP contribution is 2.03. The zero-order valence-corrected chi connectivity index (χ0v) is 6.99. The number of piperidine rings is 1. The molecular weight excluding hydrogens is 152 g/mol. The number of hydroxylamine groups is 2. The van der Waals surface area contributed by atoms with Crippen molar-refractivity contribution in [2.75, 3.05) is 0 Å². The van der Waals surface area contributed by atoms with Crippen LogP contribution in [0.2, 0.25) is 0 Å². The molecule has 0 bridgehead atoms. The smallest absolute Gasteiger partial charge is 0.138 e. The first-order valence-corrected chi connectivity index (χ1v) is 3.51. The summed E-state index contributed by atoms with van der Waals surface area (Å²) in [6.45, 7) is 1.96. The van der Waals surface area contributed by atoms with Gasteiger partial charge in [-0.2, -0.15) is 0 Å². The average Bonchev–Trinajstić information content (AvgIpc) is 1.83. The zero-order valence-electron chi connectivity index (χ0n) is 6.17. The summed E-state index contributed by atoms with van der Waals surface area (Å²) < 4.78 is 0. The standard InChI is InChI=1S/C6H14N2O.ClH/c1-5-3-2-4-6(7)8(5)9;/h5-6,8H,2-4,7H2,1H3;1H. The minimum atomic E-state index is -0.159. The molecule has 3 unspecified atom stereocenters. The molecule has 1 rings (SSSR count). The van der Waals surface area contributed by atoms with Crippen molar-refractivity contribution in [3.05, 3.63) is 5.21 Å². The Hall–Kier alpha value is 0.170. The lowest BCUT2D eigenvalue weighted by Gasteiger charge is -2.38. The van der Waals surface area contributed by atoms with Crippen molar-refractivity contribution in [1.82, 2.24) is 0 Å². The van der Waals surface area contributed by atoms with Gasteiger partial charge in [0.2, 0.25) is 0 Å². The highest BCUT2D eigenvalue weighted by Gasteiger charge is 2.21. The molecule has 10 heavy (non-hydrogen) atoms. The third-order valence-electron chi connectivity index (χ3n) is 2.00. The third kappa shape index (κ3) is 2.09. The Kier molecular flexibility index (Phi) is 4.20. The van der Waals surface area contributed by atoms with Gasteiger partial charge >= 0.3 is 0 Å². The van der Waals surface area contributed by atoms with Crippen molar-refractivity contribution in [2.45, 2.75) is 38.4 Å². The van der Waals surface area contributed by atoms with Crippen LogP contribution in [0.3, 0.4) is 0 Å². The Balaban J connectivity index is 0.000000810. The van der Waals surface area contributed by atoms with Crippen LogP contribution < -0.4 is 10.8 Å². The van der Waals surface area contributed by atoms with E-state index in [0.717, 1.165) is 19.3 Å². The second-order valence-electron chi connectivity index (χ2n) is 2.84. The topological polar surface area (TPSA) is 53.5 Å². The molecule has 0 aromatic rings. The van der Waals surface area contributed by atoms with Crippen LogP contribution in [-0.4, -0.2) is 12.2 Å². The normalized spacial score (nSPS) is 40.5. The first-order chi connectivity index (χ1) is 4.22. The van der Waals surface area contributed by atoms with Gasteiger partial charge in [0.1, 0.15) is 6.17 Å². The molecule has 0 radical (unpaired) electrons. The quantitative estimate of drug-likeness (QED) is 0.484. The van der Waals surface area contributed by atoms with Gasteiger partial charge in [-0.3, -0.25) is 5.73 Å². The summed E-state index contributed by atoms with van der Waals surface area (Å²) in [6, 6.07) is 0.216. The van der Waals surface area contributed by atoms with Gasteiger partial charge in [-0.1, -0.05) is 0 Å². The summed E-state index contributed by atoms with van der Waals surface area (Å²) in [4.78, 5) is 0. The van der Waals surface area contributed by atoms with Crippen LogP contribution in [-0.2, 0) is 0 Å². The van der Waals surface area contributed by atoms with Crippen molar-refractivity contribution in [2.24, 2.45) is 5.73 Å². The molecule has 3 nitrogen and oxygen atoms in total. The molecule has 0 aliphatic carbocycles. The highest BCUT2D eigenvalue weighted by molar-refractivity contribution is 5.85. The zero-order chi connectivity index (χ0) is 6.85. The molecule has 1 saturated heterocycles. The molecule has 0 aromatic heterocycles. The maximum Gasteiger partial charge on any atom is 0.138 e. The van der Waals surface area contributed by atoms with E-state index in [9.17, 15) is 5.21 Å². The Morgan fingerprint density at radius 3 is 2.50 bits per heavy atom. The molecule has 62 valence electrons. The lowest BCUT2D eigenvalue weighted by atomic mass is 10.0. The Labute approximate surface area is 67.6 Å². The maximum atomic E-state index is 11.0. The fourth-order valence-corrected chi connectivity index (χ4v) is 1.29. The molecule has 1 fully saturated rings. The molecule has 1 aliphatic rings. The molecule has 4 heteroatoms. The molecule has 3 atom stereocenters. The lowest BCUT2D eigenvalue weighted by Crippen LogP contribution is -3.17. The van der Waals surface area contributed by atoms with Crippen LogP contribution in [0.4, 0.5) is 0 Å². The maximum absolute atomic E-state index is 11.0. The molecule has 0 saturated carbocycles. The molecule has 0 amide bonds. The molecule has 3 N–H and O–H groups in total. The summed E-state index contributed by atoms with van der Waals surface area (Å²) in [7, 11) is 0. The van der Waals surface area contributed by atoms with Gasteiger partial charge in [-0.05, 0) is 19.8 Å². The Morgan fingerprint density at radius 2 is 2.10 bits per heavy atom. The van der Waals surface area contributed by atoms with Crippen LogP contribution in [0.1, 0.15) is 26.2 Å². The number of halogens is 1. The summed E-state index contributed by atoms with van der Waals surface area (Å²) in [5.41, 5.74) is 5.52. The van der Waals surface area contributed by atoms with Gasteiger partial charge in [0.25, 0.3) is 0 Å². The highest BCUT2D eigenvalue weighted by atomic mass is 35.5. The van der Waals surface area contributed by atoms with E-state index in [1.54, 1.807) is 0 Å². The summed E-state index contributed by atoms with van der Waals surface area (Å²) in [5.74, 6) is 0. The molecule has 0 spiro atoms. The van der Waals surface area contributed by atoms with Gasteiger partial charge in [-0.15, -0.1) is 12.4 Å². The fraction of sp³-hybridized carbons (Fsp3) is 1.00. The Morgan fingerprint density at radius 1 is 1.50 bits per heavy atom. The van der Waals surface area contributed by atoms with Crippen molar-refractivity contribution in [1.29, 1.82) is 0 Å². The van der Waals surface area contributed by atoms with Crippen LogP contribution in [0.5, 0.6) is 0 Å². The molecule has 1 heterocycles. The number of rotatable bonds is 0. The van der Waals surface area contributed by atoms with E-state index in [4.69, 9.17) is 5.73 Å². The summed E-state index contributed by atoms with van der Waals surface area (Å²) in [6.07, 6.45) is 2.89. The average molecular weight is 167 g/mol. The van der Waals surface area contributed by atoms with Crippen LogP contribution in [0, 0.1) is 5.21 Å². The first kappa shape index (κ1) is 10.2. The molecule has 1 aliphatic heterocycles. The van der Waals surface area contributed by atoms with Crippen LogP contribution in [0.15, 0.2) is 0 Å². The second-order valence-corrected chi connectivity index (χ2v) is 2.84. The van der Waals surface area contributed by atoms with Gasteiger partial charge in [0.15, 0.2) is 0 Å². The number of hydrogen-bond acceptors (Lipinski definition) is 2. The summed E-state index contributed by atoms with van der Waals surface area (Å²) in [5, 5.41) is 11.3. The monoisotopic (exact) mass is 166 g/mol. The first-order valence-electron chi connectivity index (χ1n) is 3.51. The van der Waals surface area contributed by atoms with E-state index in [-0.39, 0.29) is 29.7 Å². The van der Waals surface area contributed by atoms with Crippen molar-refractivity contribution in [3.8, 4) is 0 Å². The SMILES string of the molecule is CC1CCCC(N)[NH+]1[O-].Cl. The minimum Gasteiger partial charge on any atom is -0.633 e. The van der Waals surface area contributed by atoms with Crippen LogP contribution in [0.25, 0.3) is 0 Å². The number of nitrogens with one attached hydrogen (secondary N) is 1. The van der Waals surface area contributed by atoms with Crippen molar-refractivity contribution >= 4 is 12.4 Å². The van der Waals surface area contributed by atoms with Gasteiger partial charge in [0, 0.05) is 6.42 Å². The van der Waals surface area contributed by atoms with E-state index in [2.05, 4.69) is 0 Å². The van der Waals surface area contributed by atoms with E-state index in [1.807, 2.05) is 6.92 Å². The van der Waals surface area contributed by atoms with Gasteiger partial charge in [0.05, 0.1) is 6.04 Å². The summed E-state index contributed by atoms with van der Waals surface area (Å²) >= 11 is 0. The van der Waals surface area contributed by atoms with E-state index < -0.39 is 0 Å². The predicted molar refractivity (Wildman–Crippen MR) is 42.9 cm³/mol. The van der Waals surface area contributed by atoms with E-state index in [1.165, 1.54) is 0 Å². The van der Waals surface area contributed by atoms with Crippen LogP contribution >= 0.6 is 12.4 Å². The van der Waals surface area contributed by atoms with Crippen molar-refractivity contribution < 1.29 is 5.06 Å². The van der Waals surface area contributed by atoms with Gasteiger partial charge in [-0.25, -0.2) is 0 Å². The van der Waals surface area contributed by atoms with E-state index >= 15 is 0 Å².